The van der Waals surface area contributed by atoms with Crippen molar-refractivity contribution < 1.29 is 9.90 Å². The van der Waals surface area contributed by atoms with Crippen molar-refractivity contribution in [3.8, 4) is 11.3 Å². The highest BCUT2D eigenvalue weighted by molar-refractivity contribution is 7.80. The molecule has 0 aliphatic carbocycles. The van der Waals surface area contributed by atoms with Gasteiger partial charge in [-0.05, 0) is 12.2 Å². The van der Waals surface area contributed by atoms with E-state index in [4.69, 9.17) is 5.11 Å². The van der Waals surface area contributed by atoms with Crippen LogP contribution in [0, 0.1) is 0 Å². The number of thiazole rings is 1. The number of nitrogens with one attached hydrogen (secondary N) is 1. The first kappa shape index (κ1) is 13.9. The largest absolute Gasteiger partial charge is 0.480 e. The zero-order chi connectivity index (χ0) is 13.7. The Morgan fingerprint density at radius 3 is 2.79 bits per heavy atom. The molecule has 1 aromatic carbocycles. The lowest BCUT2D eigenvalue weighted by molar-refractivity contribution is -0.137. The van der Waals surface area contributed by atoms with E-state index >= 15 is 0 Å². The molecule has 0 aliphatic heterocycles. The van der Waals surface area contributed by atoms with Crippen molar-refractivity contribution >= 4 is 35.1 Å². The van der Waals surface area contributed by atoms with E-state index in [-0.39, 0.29) is 0 Å². The summed E-state index contributed by atoms with van der Waals surface area (Å²) in [4.78, 5) is 15.5. The maximum absolute atomic E-state index is 11.1. The summed E-state index contributed by atoms with van der Waals surface area (Å²) in [7, 11) is 0. The van der Waals surface area contributed by atoms with Gasteiger partial charge in [0.05, 0.1) is 5.69 Å². The molecule has 100 valence electrons. The van der Waals surface area contributed by atoms with Crippen LogP contribution in [0.4, 0.5) is 5.13 Å². The topological polar surface area (TPSA) is 62.2 Å². The van der Waals surface area contributed by atoms with E-state index in [0.717, 1.165) is 11.3 Å². The van der Waals surface area contributed by atoms with Gasteiger partial charge in [-0.3, -0.25) is 0 Å². The number of nitrogens with zero attached hydrogens (tertiary/aromatic N) is 1. The Bertz CT molecular complexity index is 543. The van der Waals surface area contributed by atoms with Gasteiger partial charge < -0.3 is 10.4 Å². The van der Waals surface area contributed by atoms with Crippen molar-refractivity contribution in [2.45, 2.75) is 12.5 Å². The fourth-order valence-corrected chi connectivity index (χ4v) is 2.65. The predicted molar refractivity (Wildman–Crippen MR) is 81.1 cm³/mol. The second-order valence-corrected chi connectivity index (χ2v) is 5.26. The highest BCUT2D eigenvalue weighted by Gasteiger charge is 2.17. The van der Waals surface area contributed by atoms with E-state index in [1.165, 1.54) is 11.3 Å². The van der Waals surface area contributed by atoms with Crippen molar-refractivity contribution in [3.63, 3.8) is 0 Å². The summed E-state index contributed by atoms with van der Waals surface area (Å²) in [6.07, 6.45) is 0.457. The van der Waals surface area contributed by atoms with Gasteiger partial charge in [0.15, 0.2) is 5.13 Å². The lowest BCUT2D eigenvalue weighted by atomic mass is 10.2. The molecule has 0 unspecified atom stereocenters. The fraction of sp³-hybridized carbons (Fsp3) is 0.231. The van der Waals surface area contributed by atoms with Crippen molar-refractivity contribution in [2.24, 2.45) is 0 Å². The number of carbonyl (C=O) groups is 1. The summed E-state index contributed by atoms with van der Waals surface area (Å²) in [6.45, 7) is 0. The smallest absolute Gasteiger partial charge is 0.326 e. The Balaban J connectivity index is 2.11. The summed E-state index contributed by atoms with van der Waals surface area (Å²) >= 11 is 5.47. The number of carboxylic acid groups (broad SMARTS) is 1. The van der Waals surface area contributed by atoms with Crippen LogP contribution < -0.4 is 5.32 Å². The molecule has 0 bridgehead atoms. The zero-order valence-corrected chi connectivity index (χ0v) is 11.8. The van der Waals surface area contributed by atoms with E-state index < -0.39 is 12.0 Å². The van der Waals surface area contributed by atoms with Crippen LogP contribution in [0.15, 0.2) is 35.7 Å². The molecule has 19 heavy (non-hydrogen) atoms. The van der Waals surface area contributed by atoms with Crippen molar-refractivity contribution in [1.82, 2.24) is 4.98 Å². The number of anilines is 1. The number of rotatable bonds is 6. The van der Waals surface area contributed by atoms with Crippen molar-refractivity contribution in [2.75, 3.05) is 11.1 Å². The minimum absolute atomic E-state index is 0.457. The Morgan fingerprint density at radius 2 is 2.16 bits per heavy atom. The SMILES string of the molecule is O=C(O)[C@H](CCS)Nc1nc(-c2ccccc2)cs1. The quantitative estimate of drug-likeness (QED) is 0.717. The normalized spacial score (nSPS) is 12.1. The van der Waals surface area contributed by atoms with E-state index in [1.807, 2.05) is 35.7 Å². The Hall–Kier alpha value is -1.53. The molecule has 0 radical (unpaired) electrons. The van der Waals surface area contributed by atoms with E-state index in [0.29, 0.717) is 17.3 Å². The summed E-state index contributed by atoms with van der Waals surface area (Å²) in [6, 6.07) is 9.14. The molecular weight excluding hydrogens is 280 g/mol. The van der Waals surface area contributed by atoms with Crippen LogP contribution in [0.25, 0.3) is 11.3 Å². The van der Waals surface area contributed by atoms with Gasteiger partial charge in [-0.25, -0.2) is 9.78 Å². The average Bonchev–Trinajstić information content (AvgIpc) is 2.88. The predicted octanol–water partition coefficient (Wildman–Crippen LogP) is 3.00. The van der Waals surface area contributed by atoms with Gasteiger partial charge in [0.1, 0.15) is 6.04 Å². The molecular formula is C13H14N2O2S2. The minimum atomic E-state index is -0.884. The standard InChI is InChI=1S/C13H14N2O2S2/c16-12(17)10(6-7-18)14-13-15-11(8-19-13)9-4-2-1-3-5-9/h1-5,8,10,18H,6-7H2,(H,14,15)(H,16,17)/t10-/m0/s1. The summed E-state index contributed by atoms with van der Waals surface area (Å²) < 4.78 is 0. The first-order valence-electron chi connectivity index (χ1n) is 5.82. The van der Waals surface area contributed by atoms with Gasteiger partial charge in [-0.1, -0.05) is 30.3 Å². The lowest BCUT2D eigenvalue weighted by Gasteiger charge is -2.11. The molecule has 2 rings (SSSR count). The molecule has 0 aliphatic rings. The van der Waals surface area contributed by atoms with Crippen LogP contribution >= 0.6 is 24.0 Å². The van der Waals surface area contributed by atoms with Gasteiger partial charge in [0.25, 0.3) is 0 Å². The zero-order valence-electron chi connectivity index (χ0n) is 10.1. The molecule has 2 aromatic rings. The number of hydrogen-bond donors (Lipinski definition) is 3. The second kappa shape index (κ2) is 6.58. The van der Waals surface area contributed by atoms with Crippen LogP contribution in [0.1, 0.15) is 6.42 Å². The van der Waals surface area contributed by atoms with E-state index in [2.05, 4.69) is 22.9 Å². The van der Waals surface area contributed by atoms with Crippen LogP contribution in [0.2, 0.25) is 0 Å². The van der Waals surface area contributed by atoms with E-state index in [1.54, 1.807) is 0 Å². The van der Waals surface area contributed by atoms with Gasteiger partial charge in [0, 0.05) is 10.9 Å². The van der Waals surface area contributed by atoms with Crippen LogP contribution in [0.3, 0.4) is 0 Å². The Kier molecular flexibility index (Phi) is 4.81. The lowest BCUT2D eigenvalue weighted by Crippen LogP contribution is -2.29. The first-order chi connectivity index (χ1) is 9.20. The maximum atomic E-state index is 11.1. The van der Waals surface area contributed by atoms with Gasteiger partial charge >= 0.3 is 5.97 Å². The third-order valence-electron chi connectivity index (χ3n) is 2.59. The van der Waals surface area contributed by atoms with Crippen LogP contribution in [-0.2, 0) is 4.79 Å². The van der Waals surface area contributed by atoms with Crippen molar-refractivity contribution in [1.29, 1.82) is 0 Å². The monoisotopic (exact) mass is 294 g/mol. The number of hydrogen-bond acceptors (Lipinski definition) is 5. The summed E-state index contributed by atoms with van der Waals surface area (Å²) in [5.41, 5.74) is 1.87. The third-order valence-corrected chi connectivity index (χ3v) is 3.62. The van der Waals surface area contributed by atoms with Crippen molar-refractivity contribution in [3.05, 3.63) is 35.7 Å². The fourth-order valence-electron chi connectivity index (χ4n) is 1.62. The molecule has 1 heterocycles. The Labute approximate surface area is 120 Å². The molecule has 0 amide bonds. The number of aliphatic carboxylic acids is 1. The number of benzene rings is 1. The molecule has 0 fully saturated rings. The van der Waals surface area contributed by atoms with E-state index in [9.17, 15) is 4.79 Å². The third kappa shape index (κ3) is 3.71. The average molecular weight is 294 g/mol. The molecule has 4 nitrogen and oxygen atoms in total. The number of carboxylic acids is 1. The molecule has 0 spiro atoms. The molecule has 0 saturated carbocycles. The number of thiol groups is 1. The van der Waals surface area contributed by atoms with Gasteiger partial charge in [0.2, 0.25) is 0 Å². The summed E-state index contributed by atoms with van der Waals surface area (Å²) in [5.74, 6) is -0.369. The first-order valence-corrected chi connectivity index (χ1v) is 7.33. The van der Waals surface area contributed by atoms with Crippen LogP contribution in [-0.4, -0.2) is 27.9 Å². The molecule has 6 heteroatoms. The minimum Gasteiger partial charge on any atom is -0.480 e. The number of aromatic nitrogens is 1. The molecule has 1 atom stereocenters. The molecule has 1 aromatic heterocycles. The molecule has 0 saturated heterocycles. The van der Waals surface area contributed by atoms with Crippen LogP contribution in [0.5, 0.6) is 0 Å². The van der Waals surface area contributed by atoms with Gasteiger partial charge in [-0.2, -0.15) is 12.6 Å². The molecule has 2 N–H and O–H groups in total. The maximum Gasteiger partial charge on any atom is 0.326 e. The summed E-state index contributed by atoms with van der Waals surface area (Å²) in [5, 5.41) is 14.5. The highest BCUT2D eigenvalue weighted by atomic mass is 32.1. The van der Waals surface area contributed by atoms with Gasteiger partial charge in [-0.15, -0.1) is 11.3 Å². The Morgan fingerprint density at radius 1 is 1.42 bits per heavy atom. The second-order valence-electron chi connectivity index (χ2n) is 3.95. The highest BCUT2D eigenvalue weighted by Crippen LogP contribution is 2.25.